The van der Waals surface area contributed by atoms with Gasteiger partial charge in [-0.15, -0.1) is 0 Å². The fourth-order valence-corrected chi connectivity index (χ4v) is 4.86. The van der Waals surface area contributed by atoms with E-state index in [1.807, 2.05) is 47.5 Å². The van der Waals surface area contributed by atoms with Crippen LogP contribution in [0.2, 0.25) is 0 Å². The number of likely N-dealkylation sites (tertiary alicyclic amines) is 1. The van der Waals surface area contributed by atoms with Crippen LogP contribution in [0.5, 0.6) is 5.75 Å². The van der Waals surface area contributed by atoms with Crippen LogP contribution in [-0.4, -0.2) is 41.0 Å². The average molecular weight is 467 g/mol. The fraction of sp³-hybridized carbons (Fsp3) is 0.276. The molecule has 0 aliphatic carbocycles. The van der Waals surface area contributed by atoms with E-state index in [9.17, 15) is 4.79 Å². The highest BCUT2D eigenvalue weighted by atomic mass is 16.5. The maximum atomic E-state index is 13.4. The molecule has 1 fully saturated rings. The number of nitrogens with zero attached hydrogens (tertiary/aromatic N) is 3. The van der Waals surface area contributed by atoms with Crippen LogP contribution in [0, 0.1) is 5.92 Å². The summed E-state index contributed by atoms with van der Waals surface area (Å²) in [4.78, 5) is 23.9. The minimum atomic E-state index is 0.0759. The molecule has 6 heteroatoms. The molecule has 0 unspecified atom stereocenters. The molecule has 4 aromatic rings. The second-order valence-corrected chi connectivity index (χ2v) is 9.12. The lowest BCUT2D eigenvalue weighted by Crippen LogP contribution is -2.40. The Morgan fingerprint density at radius 1 is 1.06 bits per heavy atom. The quantitative estimate of drug-likeness (QED) is 0.398. The largest absolute Gasteiger partial charge is 0.495 e. The van der Waals surface area contributed by atoms with Gasteiger partial charge in [0, 0.05) is 49.2 Å². The Morgan fingerprint density at radius 3 is 2.80 bits per heavy atom. The number of ether oxygens (including phenoxy) is 1. The predicted molar refractivity (Wildman–Crippen MR) is 139 cm³/mol. The number of fused-ring (bicyclic) bond motifs is 1. The lowest BCUT2D eigenvalue weighted by molar-refractivity contribution is 0.0673. The van der Waals surface area contributed by atoms with Gasteiger partial charge >= 0.3 is 0 Å². The molecule has 1 amide bonds. The lowest BCUT2D eigenvalue weighted by Gasteiger charge is -2.33. The zero-order chi connectivity index (χ0) is 24.0. The van der Waals surface area contributed by atoms with E-state index in [2.05, 4.69) is 39.6 Å². The Balaban J connectivity index is 1.27. The molecule has 35 heavy (non-hydrogen) atoms. The van der Waals surface area contributed by atoms with Gasteiger partial charge in [-0.3, -0.25) is 14.8 Å². The van der Waals surface area contributed by atoms with E-state index in [-0.39, 0.29) is 5.91 Å². The van der Waals surface area contributed by atoms with Crippen LogP contribution >= 0.6 is 0 Å². The first-order chi connectivity index (χ1) is 17.2. The Morgan fingerprint density at radius 2 is 1.94 bits per heavy atom. The summed E-state index contributed by atoms with van der Waals surface area (Å²) in [7, 11) is 1.65. The van der Waals surface area contributed by atoms with Gasteiger partial charge in [0.05, 0.1) is 18.3 Å². The number of hydrogen-bond acceptors (Lipinski definition) is 5. The number of aromatic nitrogens is 2. The van der Waals surface area contributed by atoms with E-state index < -0.39 is 0 Å². The first-order valence-electron chi connectivity index (χ1n) is 12.1. The summed E-state index contributed by atoms with van der Waals surface area (Å²) < 4.78 is 5.52. The van der Waals surface area contributed by atoms with Crippen molar-refractivity contribution in [1.82, 2.24) is 14.9 Å². The van der Waals surface area contributed by atoms with Crippen molar-refractivity contribution in [2.75, 3.05) is 25.5 Å². The number of benzene rings is 2. The Hall–Kier alpha value is -3.93. The van der Waals surface area contributed by atoms with Gasteiger partial charge in [-0.1, -0.05) is 12.1 Å². The summed E-state index contributed by atoms with van der Waals surface area (Å²) in [6, 6.07) is 20.1. The number of amides is 1. The highest BCUT2D eigenvalue weighted by Gasteiger charge is 2.25. The SMILES string of the molecule is COc1ccc(C(=O)N2CCC[C@@H](Cc3ccc4ncccc4c3)C2)cc1NCc1ccncc1. The molecule has 178 valence electrons. The molecule has 2 aromatic heterocycles. The van der Waals surface area contributed by atoms with Gasteiger partial charge in [0.15, 0.2) is 0 Å². The zero-order valence-electron chi connectivity index (χ0n) is 20.0. The van der Waals surface area contributed by atoms with Crippen molar-refractivity contribution in [3.05, 3.63) is 95.9 Å². The van der Waals surface area contributed by atoms with E-state index in [0.717, 1.165) is 54.9 Å². The van der Waals surface area contributed by atoms with Crippen molar-refractivity contribution in [1.29, 1.82) is 0 Å². The number of hydrogen-bond donors (Lipinski definition) is 1. The molecular weight excluding hydrogens is 436 g/mol. The van der Waals surface area contributed by atoms with E-state index in [1.54, 1.807) is 19.5 Å². The third-order valence-corrected chi connectivity index (χ3v) is 6.68. The molecule has 0 bridgehead atoms. The minimum Gasteiger partial charge on any atom is -0.495 e. The van der Waals surface area contributed by atoms with Crippen molar-refractivity contribution in [3.8, 4) is 5.75 Å². The van der Waals surface area contributed by atoms with Gasteiger partial charge in [-0.05, 0) is 84.8 Å². The van der Waals surface area contributed by atoms with Crippen molar-refractivity contribution >= 4 is 22.5 Å². The van der Waals surface area contributed by atoms with Gasteiger partial charge in [0.25, 0.3) is 5.91 Å². The van der Waals surface area contributed by atoms with Gasteiger partial charge < -0.3 is 15.0 Å². The van der Waals surface area contributed by atoms with Gasteiger partial charge in [-0.2, -0.15) is 0 Å². The van der Waals surface area contributed by atoms with E-state index >= 15 is 0 Å². The van der Waals surface area contributed by atoms with Crippen molar-refractivity contribution in [2.24, 2.45) is 5.92 Å². The Labute approximate surface area is 206 Å². The van der Waals surface area contributed by atoms with Crippen LogP contribution in [-0.2, 0) is 13.0 Å². The smallest absolute Gasteiger partial charge is 0.253 e. The summed E-state index contributed by atoms with van der Waals surface area (Å²) in [6.45, 7) is 2.20. The number of piperidine rings is 1. The first kappa shape index (κ1) is 22.8. The number of carbonyl (C=O) groups is 1. The third-order valence-electron chi connectivity index (χ3n) is 6.68. The van der Waals surface area contributed by atoms with E-state index in [4.69, 9.17) is 4.74 Å². The van der Waals surface area contributed by atoms with Gasteiger partial charge in [0.1, 0.15) is 5.75 Å². The summed E-state index contributed by atoms with van der Waals surface area (Å²) in [6.07, 6.45) is 8.50. The monoisotopic (exact) mass is 466 g/mol. The minimum absolute atomic E-state index is 0.0759. The van der Waals surface area contributed by atoms with Crippen LogP contribution in [0.4, 0.5) is 5.69 Å². The summed E-state index contributed by atoms with van der Waals surface area (Å²) in [5, 5.41) is 4.57. The molecule has 5 rings (SSSR count). The van der Waals surface area contributed by atoms with E-state index in [1.165, 1.54) is 10.9 Å². The molecule has 6 nitrogen and oxygen atoms in total. The summed E-state index contributed by atoms with van der Waals surface area (Å²) >= 11 is 0. The zero-order valence-corrected chi connectivity index (χ0v) is 20.0. The molecular formula is C29H30N4O2. The predicted octanol–water partition coefficient (Wildman–Crippen LogP) is 5.35. The maximum absolute atomic E-state index is 13.4. The van der Waals surface area contributed by atoms with Crippen molar-refractivity contribution in [3.63, 3.8) is 0 Å². The molecule has 2 aromatic carbocycles. The van der Waals surface area contributed by atoms with Crippen LogP contribution in [0.1, 0.15) is 34.3 Å². The maximum Gasteiger partial charge on any atom is 0.253 e. The lowest BCUT2D eigenvalue weighted by atomic mass is 9.90. The third kappa shape index (κ3) is 5.43. The highest BCUT2D eigenvalue weighted by Crippen LogP contribution is 2.28. The van der Waals surface area contributed by atoms with Crippen molar-refractivity contribution < 1.29 is 9.53 Å². The number of rotatable bonds is 7. The Bertz CT molecular complexity index is 1310. The number of carbonyl (C=O) groups excluding carboxylic acids is 1. The van der Waals surface area contributed by atoms with Crippen molar-refractivity contribution in [2.45, 2.75) is 25.8 Å². The number of anilines is 1. The number of methoxy groups -OCH3 is 1. The molecule has 0 radical (unpaired) electrons. The highest BCUT2D eigenvalue weighted by molar-refractivity contribution is 5.95. The van der Waals surface area contributed by atoms with Crippen LogP contribution in [0.3, 0.4) is 0 Å². The topological polar surface area (TPSA) is 67.3 Å². The normalized spacial score (nSPS) is 15.7. The van der Waals surface area contributed by atoms with Crippen LogP contribution in [0.15, 0.2) is 79.3 Å². The van der Waals surface area contributed by atoms with Crippen LogP contribution in [0.25, 0.3) is 10.9 Å². The standard InChI is InChI=1S/C29H30N4O2/c1-35-28-9-7-25(18-27(28)32-19-21-10-13-30-14-11-21)29(34)33-15-3-4-23(20-33)16-22-6-8-26-24(17-22)5-2-12-31-26/h2,5-14,17-18,23,32H,3-4,15-16,19-20H2,1H3/t23-/m0/s1. The van der Waals surface area contributed by atoms with Gasteiger partial charge in [-0.25, -0.2) is 0 Å². The molecule has 3 heterocycles. The second-order valence-electron chi connectivity index (χ2n) is 9.12. The average Bonchev–Trinajstić information content (AvgIpc) is 2.92. The summed E-state index contributed by atoms with van der Waals surface area (Å²) in [5.41, 5.74) is 4.93. The molecule has 1 atom stereocenters. The number of nitrogens with one attached hydrogen (secondary N) is 1. The molecule has 1 aliphatic rings. The van der Waals surface area contributed by atoms with Gasteiger partial charge in [0.2, 0.25) is 0 Å². The van der Waals surface area contributed by atoms with Crippen LogP contribution < -0.4 is 10.1 Å². The fourth-order valence-electron chi connectivity index (χ4n) is 4.86. The molecule has 1 saturated heterocycles. The molecule has 1 N–H and O–H groups in total. The summed E-state index contributed by atoms with van der Waals surface area (Å²) in [5.74, 6) is 1.24. The van der Waals surface area contributed by atoms with E-state index in [0.29, 0.717) is 18.0 Å². The number of pyridine rings is 2. The second kappa shape index (κ2) is 10.6. The Kier molecular flexibility index (Phi) is 6.89. The molecule has 1 aliphatic heterocycles. The first-order valence-corrected chi connectivity index (χ1v) is 12.1. The molecule has 0 spiro atoms. The molecule has 0 saturated carbocycles.